The van der Waals surface area contributed by atoms with Crippen LogP contribution in [0.3, 0.4) is 0 Å². The van der Waals surface area contributed by atoms with Gasteiger partial charge in [0, 0.05) is 11.5 Å². The fourth-order valence-electron chi connectivity index (χ4n) is 1.12. The third kappa shape index (κ3) is 4.07. The van der Waals surface area contributed by atoms with Crippen molar-refractivity contribution in [2.24, 2.45) is 0 Å². The molecule has 0 nitrogen and oxygen atoms in total. The molecule has 0 aliphatic carbocycles. The van der Waals surface area contributed by atoms with Crippen molar-refractivity contribution >= 4 is 23.5 Å². The van der Waals surface area contributed by atoms with Gasteiger partial charge < -0.3 is 0 Å². The van der Waals surface area contributed by atoms with E-state index in [2.05, 4.69) is 37.4 Å². The first-order valence-electron chi connectivity index (χ1n) is 4.39. The van der Waals surface area contributed by atoms with E-state index in [9.17, 15) is 0 Å². The van der Waals surface area contributed by atoms with Crippen LogP contribution in [0.5, 0.6) is 0 Å². The molecule has 0 bridgehead atoms. The predicted molar refractivity (Wildman–Crippen MR) is 69.4 cm³/mol. The molecule has 1 aromatic carbocycles. The van der Waals surface area contributed by atoms with Gasteiger partial charge in [-0.05, 0) is 21.9 Å². The van der Waals surface area contributed by atoms with E-state index in [0.717, 1.165) is 11.5 Å². The van der Waals surface area contributed by atoms with E-state index in [0.29, 0.717) is 0 Å². The van der Waals surface area contributed by atoms with E-state index in [-0.39, 0.29) is 0 Å². The summed E-state index contributed by atoms with van der Waals surface area (Å²) in [5.41, 5.74) is 2.72. The number of thioether (sulfide) groups is 2. The Labute approximate surface area is 94.5 Å². The van der Waals surface area contributed by atoms with Gasteiger partial charge in [-0.25, -0.2) is 0 Å². The molecule has 74 valence electrons. The summed E-state index contributed by atoms with van der Waals surface area (Å²) in [4.78, 5) is 0. The van der Waals surface area contributed by atoms with Gasteiger partial charge >= 0.3 is 0 Å². The van der Waals surface area contributed by atoms with E-state index in [1.165, 1.54) is 11.1 Å². The van der Waals surface area contributed by atoms with Gasteiger partial charge in [-0.3, -0.25) is 0 Å². The van der Waals surface area contributed by atoms with E-state index in [1.54, 1.807) is 23.5 Å². The lowest BCUT2D eigenvalue weighted by atomic mass is 10.2. The number of rotatable bonds is 6. The summed E-state index contributed by atoms with van der Waals surface area (Å²) in [6, 6.07) is 8.65. The molecule has 0 heterocycles. The van der Waals surface area contributed by atoms with E-state index < -0.39 is 0 Å². The van der Waals surface area contributed by atoms with Crippen molar-refractivity contribution in [3.05, 3.63) is 59.4 Å². The molecule has 0 N–H and O–H groups in total. The molecule has 2 heteroatoms. The highest BCUT2D eigenvalue weighted by Crippen LogP contribution is 2.17. The number of hydrogen-bond donors (Lipinski definition) is 0. The Morgan fingerprint density at radius 1 is 1.00 bits per heavy atom. The maximum atomic E-state index is 3.69. The Hall–Kier alpha value is -0.600. The molecule has 0 fully saturated rings. The van der Waals surface area contributed by atoms with Crippen LogP contribution < -0.4 is 0 Å². The Kier molecular flexibility index (Phi) is 5.57. The average Bonchev–Trinajstić information content (AvgIpc) is 2.24. The van der Waals surface area contributed by atoms with Gasteiger partial charge in [0.25, 0.3) is 0 Å². The van der Waals surface area contributed by atoms with Crippen molar-refractivity contribution < 1.29 is 0 Å². The average molecular weight is 222 g/mol. The third-order valence-corrected chi connectivity index (χ3v) is 3.20. The van der Waals surface area contributed by atoms with Crippen LogP contribution in [0.1, 0.15) is 11.1 Å². The molecule has 0 aromatic heterocycles. The smallest absolute Gasteiger partial charge is 0.0225 e. The van der Waals surface area contributed by atoms with Gasteiger partial charge in [0.05, 0.1) is 0 Å². The normalized spacial score (nSPS) is 9.71. The summed E-state index contributed by atoms with van der Waals surface area (Å²) in [6.07, 6.45) is 0. The first-order chi connectivity index (χ1) is 6.86. The first-order valence-corrected chi connectivity index (χ1v) is 6.49. The molecular formula is C12H14S2. The quantitative estimate of drug-likeness (QED) is 0.698. The Morgan fingerprint density at radius 3 is 1.93 bits per heavy atom. The summed E-state index contributed by atoms with van der Waals surface area (Å²) < 4.78 is 0. The molecule has 0 spiro atoms. The second-order valence-electron chi connectivity index (χ2n) is 2.78. The van der Waals surface area contributed by atoms with Crippen molar-refractivity contribution in [3.8, 4) is 0 Å². The number of hydrogen-bond acceptors (Lipinski definition) is 2. The van der Waals surface area contributed by atoms with Crippen molar-refractivity contribution in [2.45, 2.75) is 11.5 Å². The van der Waals surface area contributed by atoms with Crippen LogP contribution in [0.2, 0.25) is 0 Å². The van der Waals surface area contributed by atoms with Crippen LogP contribution in [0.15, 0.2) is 48.2 Å². The van der Waals surface area contributed by atoms with Crippen molar-refractivity contribution in [1.82, 2.24) is 0 Å². The SMILES string of the molecule is C=CSCc1cccc(CSC=C)c1. The fraction of sp³-hybridized carbons (Fsp3) is 0.167. The monoisotopic (exact) mass is 222 g/mol. The molecule has 0 radical (unpaired) electrons. The Balaban J connectivity index is 2.58. The van der Waals surface area contributed by atoms with Crippen LogP contribution in [-0.4, -0.2) is 0 Å². The largest absolute Gasteiger partial charge is 0.130 e. The Morgan fingerprint density at radius 2 is 1.50 bits per heavy atom. The molecule has 0 unspecified atom stereocenters. The highest BCUT2D eigenvalue weighted by Gasteiger charge is 1.95. The van der Waals surface area contributed by atoms with Gasteiger partial charge in [-0.1, -0.05) is 37.4 Å². The zero-order valence-electron chi connectivity index (χ0n) is 8.11. The molecule has 0 aliphatic rings. The molecule has 0 aliphatic heterocycles. The summed E-state index contributed by atoms with van der Waals surface area (Å²) in [6.45, 7) is 7.39. The molecule has 0 saturated carbocycles. The van der Waals surface area contributed by atoms with Crippen LogP contribution in [0.4, 0.5) is 0 Å². The van der Waals surface area contributed by atoms with Crippen molar-refractivity contribution in [2.75, 3.05) is 0 Å². The zero-order chi connectivity index (χ0) is 10.2. The van der Waals surface area contributed by atoms with Gasteiger partial charge in [-0.15, -0.1) is 23.5 Å². The lowest BCUT2D eigenvalue weighted by molar-refractivity contribution is 1.34. The predicted octanol–water partition coefficient (Wildman–Crippen LogP) is 4.44. The molecule has 1 rings (SSSR count). The second kappa shape index (κ2) is 6.80. The zero-order valence-corrected chi connectivity index (χ0v) is 9.74. The van der Waals surface area contributed by atoms with E-state index in [1.807, 2.05) is 10.8 Å². The first kappa shape index (κ1) is 11.5. The van der Waals surface area contributed by atoms with Gasteiger partial charge in [-0.2, -0.15) is 0 Å². The lowest BCUT2D eigenvalue weighted by Gasteiger charge is -2.02. The van der Waals surface area contributed by atoms with Crippen LogP contribution in [-0.2, 0) is 11.5 Å². The minimum Gasteiger partial charge on any atom is -0.130 e. The standard InChI is InChI=1S/C12H14S2/c1-3-13-9-11-6-5-7-12(8-11)10-14-4-2/h3-8H,1-2,9-10H2. The minimum absolute atomic E-state index is 1.01. The van der Waals surface area contributed by atoms with Gasteiger partial charge in [0.2, 0.25) is 0 Å². The maximum absolute atomic E-state index is 3.69. The van der Waals surface area contributed by atoms with Gasteiger partial charge in [0.15, 0.2) is 0 Å². The topological polar surface area (TPSA) is 0 Å². The maximum Gasteiger partial charge on any atom is 0.0225 e. The number of benzene rings is 1. The van der Waals surface area contributed by atoms with E-state index >= 15 is 0 Å². The fourth-order valence-corrected chi connectivity index (χ4v) is 2.10. The van der Waals surface area contributed by atoms with E-state index in [4.69, 9.17) is 0 Å². The molecule has 0 saturated heterocycles. The third-order valence-electron chi connectivity index (χ3n) is 1.73. The summed E-state index contributed by atoms with van der Waals surface area (Å²) in [7, 11) is 0. The minimum atomic E-state index is 1.01. The van der Waals surface area contributed by atoms with Crippen LogP contribution in [0.25, 0.3) is 0 Å². The molecular weight excluding hydrogens is 208 g/mol. The molecule has 0 amide bonds. The summed E-state index contributed by atoms with van der Waals surface area (Å²) in [5, 5.41) is 3.76. The van der Waals surface area contributed by atoms with Crippen LogP contribution in [0, 0.1) is 0 Å². The van der Waals surface area contributed by atoms with Crippen molar-refractivity contribution in [3.63, 3.8) is 0 Å². The highest BCUT2D eigenvalue weighted by atomic mass is 32.2. The molecule has 1 aromatic rings. The molecule has 0 atom stereocenters. The van der Waals surface area contributed by atoms with Gasteiger partial charge in [0.1, 0.15) is 0 Å². The van der Waals surface area contributed by atoms with Crippen LogP contribution >= 0.6 is 23.5 Å². The highest BCUT2D eigenvalue weighted by molar-refractivity contribution is 8.01. The molecule has 14 heavy (non-hydrogen) atoms. The summed E-state index contributed by atoms with van der Waals surface area (Å²) in [5.74, 6) is 2.02. The second-order valence-corrected chi connectivity index (χ2v) is 4.69. The lowest BCUT2D eigenvalue weighted by Crippen LogP contribution is -1.83. The van der Waals surface area contributed by atoms with Crippen molar-refractivity contribution in [1.29, 1.82) is 0 Å². The Bertz CT molecular complexity index is 278. The summed E-state index contributed by atoms with van der Waals surface area (Å²) >= 11 is 3.46.